The van der Waals surface area contributed by atoms with Gasteiger partial charge in [-0.2, -0.15) is 0 Å². The Hall–Kier alpha value is -1.70. The van der Waals surface area contributed by atoms with Crippen LogP contribution >= 0.6 is 0 Å². The van der Waals surface area contributed by atoms with Gasteiger partial charge in [0.1, 0.15) is 6.10 Å². The Kier molecular flexibility index (Phi) is 18.3. The zero-order chi connectivity index (χ0) is 15.1. The number of carboxylic acids is 2. The minimum atomic E-state index is -1.26. The van der Waals surface area contributed by atoms with Gasteiger partial charge in [0.2, 0.25) is 0 Å². The van der Waals surface area contributed by atoms with E-state index in [1.807, 2.05) is 13.8 Å². The van der Waals surface area contributed by atoms with Crippen LogP contribution in [-0.2, 0) is 9.59 Å². The molecule has 0 aromatic heterocycles. The minimum Gasteiger partial charge on any atom is -0.478 e. The number of aliphatic hydroxyl groups is 3. The molecule has 0 bridgehead atoms. The van der Waals surface area contributed by atoms with Crippen LogP contribution in [0.25, 0.3) is 0 Å². The molecule has 7 heteroatoms. The number of aliphatic carboxylic acids is 2. The molecular formula is C11H20O7. The highest BCUT2D eigenvalue weighted by Gasteiger charge is 1.93. The normalized spacial score (nSPS) is 9.00. The third-order valence-corrected chi connectivity index (χ3v) is 0.790. The van der Waals surface area contributed by atoms with E-state index in [0.29, 0.717) is 12.2 Å². The smallest absolute Gasteiger partial charge is 0.328 e. The summed E-state index contributed by atoms with van der Waals surface area (Å²) in [5.41, 5.74) is 1.17. The molecule has 18 heavy (non-hydrogen) atoms. The van der Waals surface area contributed by atoms with Gasteiger partial charge in [0.05, 0.1) is 13.2 Å². The van der Waals surface area contributed by atoms with Crippen LogP contribution in [-0.4, -0.2) is 56.8 Å². The van der Waals surface area contributed by atoms with Gasteiger partial charge in [-0.1, -0.05) is 5.57 Å². The number of hydrogen-bond donors (Lipinski definition) is 5. The van der Waals surface area contributed by atoms with E-state index >= 15 is 0 Å². The third-order valence-electron chi connectivity index (χ3n) is 0.790. The van der Waals surface area contributed by atoms with Gasteiger partial charge >= 0.3 is 11.9 Å². The van der Waals surface area contributed by atoms with E-state index in [4.69, 9.17) is 25.5 Å². The molecule has 0 saturated carbocycles. The summed E-state index contributed by atoms with van der Waals surface area (Å²) < 4.78 is 0. The number of hydrogen-bond acceptors (Lipinski definition) is 5. The van der Waals surface area contributed by atoms with Gasteiger partial charge in [-0.15, -0.1) is 6.58 Å². The summed E-state index contributed by atoms with van der Waals surface area (Å²) in [6.45, 7) is 6.77. The summed E-state index contributed by atoms with van der Waals surface area (Å²) >= 11 is 0. The first-order valence-electron chi connectivity index (χ1n) is 4.83. The molecule has 0 fully saturated rings. The Morgan fingerprint density at radius 1 is 1.06 bits per heavy atom. The molecule has 0 aliphatic carbocycles. The van der Waals surface area contributed by atoms with Crippen molar-refractivity contribution in [2.24, 2.45) is 0 Å². The van der Waals surface area contributed by atoms with Crippen molar-refractivity contribution < 1.29 is 35.1 Å². The average Bonchev–Trinajstić information content (AvgIpc) is 2.25. The predicted octanol–water partition coefficient (Wildman–Crippen LogP) is -0.374. The Bertz CT molecular complexity index is 247. The summed E-state index contributed by atoms with van der Waals surface area (Å²) in [5.74, 6) is -2.51. The lowest BCUT2D eigenvalue weighted by Gasteiger charge is -1.96. The second-order valence-electron chi connectivity index (χ2n) is 3.24. The van der Waals surface area contributed by atoms with Crippen molar-refractivity contribution in [3.63, 3.8) is 0 Å². The van der Waals surface area contributed by atoms with Crippen LogP contribution < -0.4 is 0 Å². The highest BCUT2D eigenvalue weighted by molar-refractivity contribution is 5.89. The quantitative estimate of drug-likeness (QED) is 0.345. The molecule has 0 unspecified atom stereocenters. The topological polar surface area (TPSA) is 135 Å². The molecule has 0 aromatic carbocycles. The van der Waals surface area contributed by atoms with Crippen LogP contribution in [0.1, 0.15) is 13.8 Å². The number of carbonyl (C=O) groups is 2. The maximum absolute atomic E-state index is 9.55. The van der Waals surface area contributed by atoms with E-state index in [1.54, 1.807) is 0 Å². The summed E-state index contributed by atoms with van der Waals surface area (Å²) in [6.07, 6.45) is 0.162. The summed E-state index contributed by atoms with van der Waals surface area (Å²) in [7, 11) is 0. The Labute approximate surface area is 105 Å². The molecule has 7 nitrogen and oxygen atoms in total. The van der Waals surface area contributed by atoms with E-state index in [1.165, 1.54) is 5.57 Å². The van der Waals surface area contributed by atoms with Crippen LogP contribution in [0.15, 0.2) is 24.3 Å². The number of aliphatic hydroxyl groups excluding tert-OH is 3. The molecular weight excluding hydrogens is 244 g/mol. The number of carboxylic acid groups (broad SMARTS) is 2. The number of rotatable bonds is 4. The molecule has 5 N–H and O–H groups in total. The van der Waals surface area contributed by atoms with Crippen molar-refractivity contribution in [2.75, 3.05) is 13.2 Å². The first kappa shape index (κ1) is 21.6. The second-order valence-corrected chi connectivity index (χ2v) is 3.24. The minimum absolute atomic E-state index is 0.365. The maximum Gasteiger partial charge on any atom is 0.328 e. The van der Waals surface area contributed by atoms with Crippen molar-refractivity contribution >= 4 is 11.9 Å². The standard InChI is InChI=1S/C4H4O4.C4H8.C3H8O3/c5-3(6)1-2-4(7)8;1-4(2)3;4-1-3(6)2-5/h1-2H,(H,5,6)(H,7,8);1H2,2-3H3;3-6H,1-2H2/b2-1-;;. The van der Waals surface area contributed by atoms with Crippen molar-refractivity contribution in [3.8, 4) is 0 Å². The third kappa shape index (κ3) is 47.5. The summed E-state index contributed by atoms with van der Waals surface area (Å²) in [4.78, 5) is 19.1. The second kappa shape index (κ2) is 15.3. The zero-order valence-electron chi connectivity index (χ0n) is 10.4. The van der Waals surface area contributed by atoms with Gasteiger partial charge in [-0.05, 0) is 13.8 Å². The summed E-state index contributed by atoms with van der Waals surface area (Å²) in [5, 5.41) is 39.6. The van der Waals surface area contributed by atoms with Gasteiger partial charge in [-0.3, -0.25) is 0 Å². The fourth-order valence-electron chi connectivity index (χ4n) is 0.200. The highest BCUT2D eigenvalue weighted by Crippen LogP contribution is 1.73. The molecule has 0 aromatic rings. The molecule has 0 heterocycles. The largest absolute Gasteiger partial charge is 0.478 e. The maximum atomic E-state index is 9.55. The molecule has 0 aliphatic rings. The van der Waals surface area contributed by atoms with Gasteiger partial charge in [0.15, 0.2) is 0 Å². The lowest BCUT2D eigenvalue weighted by molar-refractivity contribution is -0.134. The van der Waals surface area contributed by atoms with Crippen LogP contribution in [0, 0.1) is 0 Å². The fraction of sp³-hybridized carbons (Fsp3) is 0.455. The van der Waals surface area contributed by atoms with Crippen molar-refractivity contribution in [1.82, 2.24) is 0 Å². The molecule has 0 saturated heterocycles. The Balaban J connectivity index is -0.000000200. The van der Waals surface area contributed by atoms with Gasteiger partial charge < -0.3 is 25.5 Å². The van der Waals surface area contributed by atoms with Gasteiger partial charge in [-0.25, -0.2) is 9.59 Å². The predicted molar refractivity (Wildman–Crippen MR) is 65.1 cm³/mol. The fourth-order valence-corrected chi connectivity index (χ4v) is 0.200. The molecule has 0 spiro atoms. The SMILES string of the molecule is C=C(C)C.O=C(O)/C=C\C(=O)O.OCC(O)CO. The first-order chi connectivity index (χ1) is 8.17. The van der Waals surface area contributed by atoms with E-state index < -0.39 is 18.0 Å². The van der Waals surface area contributed by atoms with Crippen LogP contribution in [0.5, 0.6) is 0 Å². The lowest BCUT2D eigenvalue weighted by Crippen LogP contribution is -2.15. The molecule has 0 atom stereocenters. The zero-order valence-corrected chi connectivity index (χ0v) is 10.4. The van der Waals surface area contributed by atoms with Crippen LogP contribution in [0.3, 0.4) is 0 Å². The highest BCUT2D eigenvalue weighted by atomic mass is 16.4. The number of allylic oxidation sites excluding steroid dienone is 1. The van der Waals surface area contributed by atoms with E-state index in [2.05, 4.69) is 6.58 Å². The van der Waals surface area contributed by atoms with Crippen molar-refractivity contribution in [1.29, 1.82) is 0 Å². The van der Waals surface area contributed by atoms with Crippen molar-refractivity contribution in [3.05, 3.63) is 24.3 Å². The van der Waals surface area contributed by atoms with Crippen LogP contribution in [0.2, 0.25) is 0 Å². The first-order valence-corrected chi connectivity index (χ1v) is 4.83. The molecule has 106 valence electrons. The summed E-state index contributed by atoms with van der Waals surface area (Å²) in [6, 6.07) is 0. The Morgan fingerprint density at radius 2 is 1.28 bits per heavy atom. The van der Waals surface area contributed by atoms with Gasteiger partial charge in [0, 0.05) is 12.2 Å². The van der Waals surface area contributed by atoms with E-state index in [-0.39, 0.29) is 13.2 Å². The van der Waals surface area contributed by atoms with Gasteiger partial charge in [0.25, 0.3) is 0 Å². The molecule has 0 rings (SSSR count). The van der Waals surface area contributed by atoms with E-state index in [9.17, 15) is 9.59 Å². The average molecular weight is 264 g/mol. The Morgan fingerprint density at radius 3 is 1.33 bits per heavy atom. The van der Waals surface area contributed by atoms with E-state index in [0.717, 1.165) is 0 Å². The molecule has 0 radical (unpaired) electrons. The van der Waals surface area contributed by atoms with Crippen molar-refractivity contribution in [2.45, 2.75) is 20.0 Å². The molecule has 0 aliphatic heterocycles. The monoisotopic (exact) mass is 264 g/mol. The van der Waals surface area contributed by atoms with Crippen LogP contribution in [0.4, 0.5) is 0 Å². The molecule has 0 amide bonds. The lowest BCUT2D eigenvalue weighted by atomic mass is 10.4.